The van der Waals surface area contributed by atoms with Gasteiger partial charge in [0.05, 0.1) is 0 Å². The van der Waals surface area contributed by atoms with Crippen molar-refractivity contribution in [2.45, 2.75) is 44.1 Å². The Morgan fingerprint density at radius 3 is 2.59 bits per heavy atom. The van der Waals surface area contributed by atoms with Gasteiger partial charge in [0.1, 0.15) is 0 Å². The molecule has 2 aromatic carbocycles. The number of nitrogens with zero attached hydrogens (tertiary/aromatic N) is 2. The Labute approximate surface area is 161 Å². The molecule has 0 bridgehead atoms. The highest BCUT2D eigenvalue weighted by Gasteiger charge is 2.42. The molecule has 0 amide bonds. The fourth-order valence-corrected chi connectivity index (χ4v) is 4.73. The molecule has 1 N–H and O–H groups in total. The second-order valence-electron chi connectivity index (χ2n) is 7.73. The minimum Gasteiger partial charge on any atom is -0.481 e. The van der Waals surface area contributed by atoms with E-state index in [1.165, 1.54) is 23.4 Å². The number of unbranched alkanes of at least 4 members (excludes halogenated alkanes) is 2. The van der Waals surface area contributed by atoms with Gasteiger partial charge in [0, 0.05) is 42.8 Å². The Bertz CT molecular complexity index is 777. The van der Waals surface area contributed by atoms with Crippen molar-refractivity contribution in [2.24, 2.45) is 0 Å². The summed E-state index contributed by atoms with van der Waals surface area (Å²) < 4.78 is 0. The lowest BCUT2D eigenvalue weighted by atomic mass is 9.89. The molecule has 0 spiro atoms. The van der Waals surface area contributed by atoms with Crippen molar-refractivity contribution < 1.29 is 9.90 Å². The molecule has 142 valence electrons. The Morgan fingerprint density at radius 1 is 1.00 bits per heavy atom. The smallest absolute Gasteiger partial charge is 0.303 e. The van der Waals surface area contributed by atoms with Gasteiger partial charge in [0.25, 0.3) is 0 Å². The first-order valence-corrected chi connectivity index (χ1v) is 10.1. The number of piperidine rings is 1. The standard InChI is InChI=1S/C23H28N2O2/c26-23(27)13-5-2-8-15-24-16-14-22-20(17-24)19-11-6-7-12-21(19)25(22)18-9-3-1-4-10-18/h1,3-4,6-7,9-12,20,22H,2,5,8,13-17H2,(H,26,27)/t20-,22+/m0/s1. The maximum absolute atomic E-state index is 10.6. The van der Waals surface area contributed by atoms with Crippen molar-refractivity contribution in [3.05, 3.63) is 60.2 Å². The van der Waals surface area contributed by atoms with Gasteiger partial charge in [-0.3, -0.25) is 4.79 Å². The van der Waals surface area contributed by atoms with Gasteiger partial charge in [-0.2, -0.15) is 0 Å². The van der Waals surface area contributed by atoms with Crippen LogP contribution < -0.4 is 4.90 Å². The van der Waals surface area contributed by atoms with E-state index >= 15 is 0 Å². The number of fused-ring (bicyclic) bond motifs is 3. The van der Waals surface area contributed by atoms with Gasteiger partial charge in [-0.25, -0.2) is 0 Å². The molecule has 4 rings (SSSR count). The van der Waals surface area contributed by atoms with Crippen molar-refractivity contribution in [1.82, 2.24) is 4.90 Å². The monoisotopic (exact) mass is 364 g/mol. The molecule has 0 radical (unpaired) electrons. The van der Waals surface area contributed by atoms with Crippen molar-refractivity contribution in [3.63, 3.8) is 0 Å². The molecule has 0 aliphatic carbocycles. The van der Waals surface area contributed by atoms with Crippen molar-refractivity contribution in [2.75, 3.05) is 24.5 Å². The average molecular weight is 364 g/mol. The minimum atomic E-state index is -0.681. The van der Waals surface area contributed by atoms with Crippen LogP contribution >= 0.6 is 0 Å². The predicted molar refractivity (Wildman–Crippen MR) is 109 cm³/mol. The molecule has 27 heavy (non-hydrogen) atoms. The van der Waals surface area contributed by atoms with E-state index in [1.54, 1.807) is 0 Å². The molecule has 0 aromatic heterocycles. The Kier molecular flexibility index (Phi) is 5.44. The number of rotatable bonds is 7. The molecule has 1 saturated heterocycles. The molecule has 4 nitrogen and oxygen atoms in total. The minimum absolute atomic E-state index is 0.296. The normalized spacial score (nSPS) is 21.7. The van der Waals surface area contributed by atoms with Crippen LogP contribution in [0.3, 0.4) is 0 Å². The predicted octanol–water partition coefficient (Wildman–Crippen LogP) is 4.64. The summed E-state index contributed by atoms with van der Waals surface area (Å²) >= 11 is 0. The summed E-state index contributed by atoms with van der Waals surface area (Å²) in [5.74, 6) is -0.131. The second-order valence-corrected chi connectivity index (χ2v) is 7.73. The number of hydrogen-bond acceptors (Lipinski definition) is 3. The van der Waals surface area contributed by atoms with Crippen LogP contribution in [-0.4, -0.2) is 41.7 Å². The first kappa shape index (κ1) is 18.1. The fraction of sp³-hybridized carbons (Fsp3) is 0.435. The molecule has 4 heteroatoms. The SMILES string of the molecule is O=C(O)CCCCCN1CC[C@@H]2[C@@H](C1)c1ccccc1N2c1ccccc1. The number of hydrogen-bond donors (Lipinski definition) is 1. The number of carbonyl (C=O) groups is 1. The van der Waals surface area contributed by atoms with Gasteiger partial charge in [-0.15, -0.1) is 0 Å². The fourth-order valence-electron chi connectivity index (χ4n) is 4.73. The number of benzene rings is 2. The summed E-state index contributed by atoms with van der Waals surface area (Å²) in [6.07, 6.45) is 4.35. The summed E-state index contributed by atoms with van der Waals surface area (Å²) in [6.45, 7) is 3.30. The zero-order valence-electron chi connectivity index (χ0n) is 15.8. The number of carboxylic acid groups (broad SMARTS) is 1. The van der Waals surface area contributed by atoms with Crippen LogP contribution in [0.15, 0.2) is 54.6 Å². The third-order valence-corrected chi connectivity index (χ3v) is 5.99. The highest BCUT2D eigenvalue weighted by molar-refractivity contribution is 5.73. The molecule has 2 aliphatic rings. The van der Waals surface area contributed by atoms with Crippen molar-refractivity contribution in [3.8, 4) is 0 Å². The van der Waals surface area contributed by atoms with Gasteiger partial charge < -0.3 is 14.9 Å². The highest BCUT2D eigenvalue weighted by Crippen LogP contribution is 2.48. The Morgan fingerprint density at radius 2 is 1.78 bits per heavy atom. The summed E-state index contributed by atoms with van der Waals surface area (Å²) in [7, 11) is 0. The number of carboxylic acids is 1. The molecule has 0 unspecified atom stereocenters. The maximum atomic E-state index is 10.6. The lowest BCUT2D eigenvalue weighted by Crippen LogP contribution is -2.45. The van der Waals surface area contributed by atoms with Crippen LogP contribution in [0, 0.1) is 0 Å². The lowest BCUT2D eigenvalue weighted by Gasteiger charge is -2.39. The van der Waals surface area contributed by atoms with Gasteiger partial charge in [0.2, 0.25) is 0 Å². The summed E-state index contributed by atoms with van der Waals surface area (Å²) in [5, 5.41) is 8.76. The van der Waals surface area contributed by atoms with Gasteiger partial charge >= 0.3 is 5.97 Å². The highest BCUT2D eigenvalue weighted by atomic mass is 16.4. The van der Waals surface area contributed by atoms with E-state index in [-0.39, 0.29) is 0 Å². The van der Waals surface area contributed by atoms with E-state index in [1.807, 2.05) is 0 Å². The summed E-state index contributed by atoms with van der Waals surface area (Å²) in [4.78, 5) is 15.8. The largest absolute Gasteiger partial charge is 0.481 e. The van der Waals surface area contributed by atoms with Crippen LogP contribution in [0.1, 0.15) is 43.6 Å². The van der Waals surface area contributed by atoms with E-state index in [0.29, 0.717) is 18.4 Å². The van der Waals surface area contributed by atoms with Crippen LogP contribution in [-0.2, 0) is 4.79 Å². The van der Waals surface area contributed by atoms with Gasteiger partial charge in [-0.05, 0) is 49.6 Å². The molecule has 1 fully saturated rings. The molecule has 2 heterocycles. The first-order chi connectivity index (χ1) is 13.2. The van der Waals surface area contributed by atoms with E-state index in [4.69, 9.17) is 5.11 Å². The zero-order chi connectivity index (χ0) is 18.6. The lowest BCUT2D eigenvalue weighted by molar-refractivity contribution is -0.137. The first-order valence-electron chi connectivity index (χ1n) is 10.1. The third-order valence-electron chi connectivity index (χ3n) is 5.99. The molecule has 2 atom stereocenters. The van der Waals surface area contributed by atoms with E-state index in [0.717, 1.165) is 38.9 Å². The van der Waals surface area contributed by atoms with Crippen LogP contribution in [0.25, 0.3) is 0 Å². The second kappa shape index (κ2) is 8.13. The van der Waals surface area contributed by atoms with E-state index in [9.17, 15) is 4.79 Å². The molecular formula is C23H28N2O2. The molecule has 0 saturated carbocycles. The number of likely N-dealkylation sites (tertiary alicyclic amines) is 1. The molecule has 2 aromatic rings. The van der Waals surface area contributed by atoms with E-state index < -0.39 is 5.97 Å². The summed E-state index contributed by atoms with van der Waals surface area (Å²) in [5.41, 5.74) is 4.13. The number of anilines is 2. The van der Waals surface area contributed by atoms with Crippen LogP contribution in [0.4, 0.5) is 11.4 Å². The molecular weight excluding hydrogens is 336 g/mol. The quantitative estimate of drug-likeness (QED) is 0.727. The van der Waals surface area contributed by atoms with Crippen molar-refractivity contribution >= 4 is 17.3 Å². The topological polar surface area (TPSA) is 43.8 Å². The number of aliphatic carboxylic acids is 1. The third kappa shape index (κ3) is 3.86. The van der Waals surface area contributed by atoms with Crippen LogP contribution in [0.5, 0.6) is 0 Å². The van der Waals surface area contributed by atoms with Crippen molar-refractivity contribution in [1.29, 1.82) is 0 Å². The van der Waals surface area contributed by atoms with Crippen LogP contribution in [0.2, 0.25) is 0 Å². The number of para-hydroxylation sites is 2. The van der Waals surface area contributed by atoms with E-state index in [2.05, 4.69) is 64.4 Å². The average Bonchev–Trinajstić information content (AvgIpc) is 3.02. The Balaban J connectivity index is 1.44. The Hall–Kier alpha value is -2.33. The molecule has 2 aliphatic heterocycles. The summed E-state index contributed by atoms with van der Waals surface area (Å²) in [6, 6.07) is 20.2. The van der Waals surface area contributed by atoms with Gasteiger partial charge in [0.15, 0.2) is 0 Å². The van der Waals surface area contributed by atoms with Gasteiger partial charge in [-0.1, -0.05) is 42.8 Å². The maximum Gasteiger partial charge on any atom is 0.303 e. The zero-order valence-corrected chi connectivity index (χ0v) is 15.8.